The Morgan fingerprint density at radius 2 is 1.41 bits per heavy atom. The Morgan fingerprint density at radius 1 is 0.805 bits per heavy atom. The molecule has 2 amide bonds. The van der Waals surface area contributed by atoms with E-state index in [9.17, 15) is 9.59 Å². The number of likely N-dealkylation sites (N-methyl/N-ethyl adjacent to an activating group) is 1. The lowest BCUT2D eigenvalue weighted by Crippen LogP contribution is -2.51. The number of ether oxygens (including phenoxy) is 1. The van der Waals surface area contributed by atoms with Gasteiger partial charge in [-0.15, -0.1) is 0 Å². The third-order valence-corrected chi connectivity index (χ3v) is 8.79. The van der Waals surface area contributed by atoms with Gasteiger partial charge in [-0.05, 0) is 68.0 Å². The standard InChI is InChI=1S/C32H42F2N4O3/c1-3-23-5-4-6-24(19-23)25-20-28(33)31(29(34)21-25)32(40)38-13-9-27(10-14-38)41-26-7-11-36(12-8-26)22-30(39)37-17-15-35(2)16-18-37/h4-6,19-21,26-27H,3,7-18,22H2,1-2H3. The van der Waals surface area contributed by atoms with E-state index < -0.39 is 23.1 Å². The number of likely N-dealkylation sites (tertiary alicyclic amines) is 2. The quantitative estimate of drug-likeness (QED) is 0.505. The first-order valence-electron chi connectivity index (χ1n) is 15.0. The van der Waals surface area contributed by atoms with Crippen LogP contribution in [0.2, 0.25) is 0 Å². The number of amides is 2. The second-order valence-corrected chi connectivity index (χ2v) is 11.7. The van der Waals surface area contributed by atoms with Gasteiger partial charge < -0.3 is 19.4 Å². The van der Waals surface area contributed by atoms with Crippen LogP contribution < -0.4 is 0 Å². The van der Waals surface area contributed by atoms with Crippen molar-refractivity contribution in [3.63, 3.8) is 0 Å². The highest BCUT2D eigenvalue weighted by Gasteiger charge is 2.31. The molecule has 0 atom stereocenters. The molecular formula is C32H42F2N4O3. The first kappa shape index (κ1) is 29.6. The van der Waals surface area contributed by atoms with Crippen molar-refractivity contribution in [1.82, 2.24) is 19.6 Å². The number of benzene rings is 2. The summed E-state index contributed by atoms with van der Waals surface area (Å²) in [6, 6.07) is 10.1. The van der Waals surface area contributed by atoms with E-state index >= 15 is 8.78 Å². The van der Waals surface area contributed by atoms with Gasteiger partial charge in [0.15, 0.2) is 0 Å². The van der Waals surface area contributed by atoms with Crippen LogP contribution in [0.25, 0.3) is 11.1 Å². The number of carbonyl (C=O) groups is 2. The molecule has 3 saturated heterocycles. The number of aryl methyl sites for hydroxylation is 1. The van der Waals surface area contributed by atoms with Crippen molar-refractivity contribution in [3.8, 4) is 11.1 Å². The minimum atomic E-state index is -0.830. The minimum Gasteiger partial charge on any atom is -0.375 e. The average Bonchev–Trinajstić information content (AvgIpc) is 2.98. The van der Waals surface area contributed by atoms with Gasteiger partial charge >= 0.3 is 0 Å². The van der Waals surface area contributed by atoms with Gasteiger partial charge in [0.25, 0.3) is 5.91 Å². The average molecular weight is 569 g/mol. The van der Waals surface area contributed by atoms with Crippen LogP contribution in [0.1, 0.15) is 48.5 Å². The van der Waals surface area contributed by atoms with Crippen LogP contribution in [-0.2, 0) is 16.0 Å². The van der Waals surface area contributed by atoms with E-state index in [4.69, 9.17) is 4.74 Å². The Balaban J connectivity index is 1.08. The monoisotopic (exact) mass is 568 g/mol. The van der Waals surface area contributed by atoms with Gasteiger partial charge in [0.05, 0.1) is 18.8 Å². The first-order valence-corrected chi connectivity index (χ1v) is 15.0. The van der Waals surface area contributed by atoms with E-state index in [0.717, 1.165) is 69.7 Å². The second-order valence-electron chi connectivity index (χ2n) is 11.7. The third-order valence-electron chi connectivity index (χ3n) is 8.79. The van der Waals surface area contributed by atoms with Crippen molar-refractivity contribution in [2.24, 2.45) is 0 Å². The van der Waals surface area contributed by atoms with Gasteiger partial charge in [0.1, 0.15) is 17.2 Å². The van der Waals surface area contributed by atoms with Crippen LogP contribution in [0.3, 0.4) is 0 Å². The molecule has 5 rings (SSSR count). The van der Waals surface area contributed by atoms with Crippen molar-refractivity contribution in [2.75, 3.05) is 66.0 Å². The molecule has 0 saturated carbocycles. The van der Waals surface area contributed by atoms with Gasteiger partial charge in [-0.25, -0.2) is 8.78 Å². The molecule has 3 heterocycles. The molecule has 2 aromatic carbocycles. The SMILES string of the molecule is CCc1cccc(-c2cc(F)c(C(=O)N3CCC(OC4CCN(CC(=O)N5CCN(C)CC5)CC4)CC3)c(F)c2)c1. The summed E-state index contributed by atoms with van der Waals surface area (Å²) in [4.78, 5) is 33.7. The highest BCUT2D eigenvalue weighted by molar-refractivity contribution is 5.95. The molecular weight excluding hydrogens is 526 g/mol. The zero-order valence-corrected chi connectivity index (χ0v) is 24.3. The Morgan fingerprint density at radius 3 is 2.02 bits per heavy atom. The predicted molar refractivity (Wildman–Crippen MR) is 155 cm³/mol. The molecule has 0 aromatic heterocycles. The van der Waals surface area contributed by atoms with E-state index in [1.165, 1.54) is 17.0 Å². The highest BCUT2D eigenvalue weighted by atomic mass is 19.1. The lowest BCUT2D eigenvalue weighted by molar-refractivity contribution is -0.135. The summed E-state index contributed by atoms with van der Waals surface area (Å²) < 4.78 is 36.5. The molecule has 0 N–H and O–H groups in total. The van der Waals surface area contributed by atoms with E-state index in [1.807, 2.05) is 36.1 Å². The maximum atomic E-state index is 15.1. The molecule has 7 nitrogen and oxygen atoms in total. The highest BCUT2D eigenvalue weighted by Crippen LogP contribution is 2.28. The zero-order chi connectivity index (χ0) is 28.9. The van der Waals surface area contributed by atoms with Crippen LogP contribution >= 0.6 is 0 Å². The minimum absolute atomic E-state index is 0.0190. The summed E-state index contributed by atoms with van der Waals surface area (Å²) in [5.41, 5.74) is 1.74. The van der Waals surface area contributed by atoms with Crippen molar-refractivity contribution < 1.29 is 23.1 Å². The lowest BCUT2D eigenvalue weighted by atomic mass is 9.99. The maximum absolute atomic E-state index is 15.1. The fraction of sp³-hybridized carbons (Fsp3) is 0.562. The largest absolute Gasteiger partial charge is 0.375 e. The fourth-order valence-electron chi connectivity index (χ4n) is 6.09. The molecule has 0 unspecified atom stereocenters. The third kappa shape index (κ3) is 7.31. The molecule has 2 aromatic rings. The summed E-state index contributed by atoms with van der Waals surface area (Å²) in [5, 5.41) is 0. The summed E-state index contributed by atoms with van der Waals surface area (Å²) in [5.74, 6) is -2.06. The van der Waals surface area contributed by atoms with Gasteiger partial charge in [0, 0.05) is 52.4 Å². The number of piperazine rings is 1. The predicted octanol–water partition coefficient (Wildman–Crippen LogP) is 4.05. The van der Waals surface area contributed by atoms with Gasteiger partial charge in [0.2, 0.25) is 5.91 Å². The lowest BCUT2D eigenvalue weighted by Gasteiger charge is -2.38. The van der Waals surface area contributed by atoms with Crippen molar-refractivity contribution in [2.45, 2.75) is 51.2 Å². The second kappa shape index (κ2) is 13.4. The Bertz CT molecular complexity index is 1190. The molecule has 0 radical (unpaired) electrons. The topological polar surface area (TPSA) is 56.3 Å². The summed E-state index contributed by atoms with van der Waals surface area (Å²) >= 11 is 0. The molecule has 3 aliphatic heterocycles. The molecule has 3 fully saturated rings. The molecule has 0 spiro atoms. The molecule has 0 bridgehead atoms. The molecule has 222 valence electrons. The van der Waals surface area contributed by atoms with E-state index in [-0.39, 0.29) is 18.1 Å². The van der Waals surface area contributed by atoms with Gasteiger partial charge in [-0.2, -0.15) is 0 Å². The van der Waals surface area contributed by atoms with Crippen molar-refractivity contribution in [1.29, 1.82) is 0 Å². The van der Waals surface area contributed by atoms with Crippen LogP contribution in [0.4, 0.5) is 8.78 Å². The number of rotatable bonds is 7. The molecule has 3 aliphatic rings. The normalized spacial score (nSPS) is 20.0. The number of carbonyl (C=O) groups excluding carboxylic acids is 2. The molecule has 9 heteroatoms. The number of halogens is 2. The Hall–Kier alpha value is -2.88. The van der Waals surface area contributed by atoms with Gasteiger partial charge in [-0.3, -0.25) is 14.5 Å². The van der Waals surface area contributed by atoms with Gasteiger partial charge in [-0.1, -0.05) is 31.2 Å². The first-order chi connectivity index (χ1) is 19.8. The molecule has 0 aliphatic carbocycles. The van der Waals surface area contributed by atoms with E-state index in [0.29, 0.717) is 38.0 Å². The van der Waals surface area contributed by atoms with Crippen LogP contribution in [0, 0.1) is 11.6 Å². The number of piperidine rings is 2. The van der Waals surface area contributed by atoms with Crippen molar-refractivity contribution in [3.05, 3.63) is 59.2 Å². The van der Waals surface area contributed by atoms with E-state index in [2.05, 4.69) is 16.8 Å². The van der Waals surface area contributed by atoms with Crippen LogP contribution in [0.5, 0.6) is 0 Å². The number of hydrogen-bond acceptors (Lipinski definition) is 5. The number of nitrogens with zero attached hydrogens (tertiary/aromatic N) is 4. The van der Waals surface area contributed by atoms with Crippen molar-refractivity contribution >= 4 is 11.8 Å². The number of hydrogen-bond donors (Lipinski definition) is 0. The smallest absolute Gasteiger partial charge is 0.259 e. The summed E-state index contributed by atoms with van der Waals surface area (Å²) in [6.45, 7) is 8.42. The van der Waals surface area contributed by atoms with Crippen LogP contribution in [0.15, 0.2) is 36.4 Å². The Labute approximate surface area is 242 Å². The Kier molecular flexibility index (Phi) is 9.68. The van der Waals surface area contributed by atoms with E-state index in [1.54, 1.807) is 0 Å². The van der Waals surface area contributed by atoms with Crippen LogP contribution in [-0.4, -0.2) is 110 Å². The maximum Gasteiger partial charge on any atom is 0.259 e. The molecule has 41 heavy (non-hydrogen) atoms. The fourth-order valence-corrected chi connectivity index (χ4v) is 6.09. The summed E-state index contributed by atoms with van der Waals surface area (Å²) in [6.07, 6.45) is 4.00. The summed E-state index contributed by atoms with van der Waals surface area (Å²) in [7, 11) is 2.08. The zero-order valence-electron chi connectivity index (χ0n) is 24.3.